The fourth-order valence-corrected chi connectivity index (χ4v) is 7.27. The molecule has 0 spiro atoms. The summed E-state index contributed by atoms with van der Waals surface area (Å²) in [5.41, 5.74) is 2.87. The number of hydrogen-bond donors (Lipinski definition) is 2. The van der Waals surface area contributed by atoms with Gasteiger partial charge in [-0.2, -0.15) is 0 Å². The van der Waals surface area contributed by atoms with Crippen molar-refractivity contribution in [2.75, 3.05) is 18.1 Å². The maximum Gasteiger partial charge on any atom is 0.268 e. The van der Waals surface area contributed by atoms with E-state index in [9.17, 15) is 9.00 Å². The molecule has 1 aliphatic carbocycles. The highest BCUT2D eigenvalue weighted by Crippen LogP contribution is 2.35. The van der Waals surface area contributed by atoms with Crippen molar-refractivity contribution in [2.24, 2.45) is 0 Å². The molecule has 2 aliphatic rings. The van der Waals surface area contributed by atoms with Gasteiger partial charge >= 0.3 is 0 Å². The van der Waals surface area contributed by atoms with Gasteiger partial charge < -0.3 is 19.8 Å². The first kappa shape index (κ1) is 22.1. The summed E-state index contributed by atoms with van der Waals surface area (Å²) in [4.78, 5) is 17.0. The maximum absolute atomic E-state index is 13.0. The second-order valence-electron chi connectivity index (χ2n) is 8.83. The van der Waals surface area contributed by atoms with Gasteiger partial charge in [0.1, 0.15) is 10.5 Å². The summed E-state index contributed by atoms with van der Waals surface area (Å²) >= 11 is 7.46. The van der Waals surface area contributed by atoms with E-state index in [0.29, 0.717) is 28.1 Å². The number of amides is 1. The largest absolute Gasteiger partial charge is 0.348 e. The first-order valence-electron chi connectivity index (χ1n) is 10.6. The highest BCUT2D eigenvalue weighted by molar-refractivity contribution is 7.85. The molecule has 0 bridgehead atoms. The van der Waals surface area contributed by atoms with Crippen molar-refractivity contribution >= 4 is 49.9 Å². The van der Waals surface area contributed by atoms with Gasteiger partial charge in [0.25, 0.3) is 5.91 Å². The molecule has 1 aliphatic heterocycles. The first-order chi connectivity index (χ1) is 15.3. The molecular weight excluding hydrogens is 468 g/mol. The van der Waals surface area contributed by atoms with E-state index in [0.717, 1.165) is 22.2 Å². The SMILES string of the molecule is CC1(C)OC[C@@H](CS(=O)C[C@H]2c3ccccc3C[C@H]2NC(=O)c2cc3cc(Cl)sc3[nH]2)O1. The number of aromatic amines is 1. The third kappa shape index (κ3) is 4.52. The molecule has 5 rings (SSSR count). The fraction of sp³-hybridized carbons (Fsp3) is 0.435. The minimum absolute atomic E-state index is 0.0168. The fourth-order valence-electron chi connectivity index (χ4n) is 4.62. The number of hydrogen-bond acceptors (Lipinski definition) is 5. The van der Waals surface area contributed by atoms with Crippen molar-refractivity contribution in [1.29, 1.82) is 0 Å². The number of rotatable bonds is 6. The van der Waals surface area contributed by atoms with Crippen LogP contribution in [-0.4, -0.2) is 51.1 Å². The van der Waals surface area contributed by atoms with Crippen LogP contribution < -0.4 is 5.32 Å². The Kier molecular flexibility index (Phi) is 5.92. The van der Waals surface area contributed by atoms with Crippen LogP contribution in [0.2, 0.25) is 4.34 Å². The summed E-state index contributed by atoms with van der Waals surface area (Å²) in [5.74, 6) is 0.0947. The number of H-pyrrole nitrogens is 1. The normalized spacial score (nSPS) is 25.2. The van der Waals surface area contributed by atoms with Crippen molar-refractivity contribution in [3.63, 3.8) is 0 Å². The van der Waals surface area contributed by atoms with Crippen LogP contribution in [0.15, 0.2) is 36.4 Å². The number of carbonyl (C=O) groups is 1. The van der Waals surface area contributed by atoms with Crippen LogP contribution in [0.3, 0.4) is 0 Å². The van der Waals surface area contributed by atoms with Crippen LogP contribution in [0.1, 0.15) is 41.4 Å². The quantitative estimate of drug-likeness (QED) is 0.540. The Labute approximate surface area is 198 Å². The van der Waals surface area contributed by atoms with E-state index in [1.54, 1.807) is 0 Å². The van der Waals surface area contributed by atoms with Crippen LogP contribution >= 0.6 is 22.9 Å². The van der Waals surface area contributed by atoms with Gasteiger partial charge in [-0.3, -0.25) is 9.00 Å². The Morgan fingerprint density at radius 2 is 2.12 bits per heavy atom. The van der Waals surface area contributed by atoms with Crippen LogP contribution in [0.4, 0.5) is 0 Å². The molecular formula is C23H25ClN2O4S2. The molecule has 2 aromatic heterocycles. The number of thiophene rings is 1. The Bertz CT molecular complexity index is 1160. The average molecular weight is 493 g/mol. The molecule has 4 atom stereocenters. The summed E-state index contributed by atoms with van der Waals surface area (Å²) < 4.78 is 25.2. The molecule has 1 saturated heterocycles. The van der Waals surface area contributed by atoms with E-state index < -0.39 is 16.6 Å². The summed E-state index contributed by atoms with van der Waals surface area (Å²) in [6.07, 6.45) is 0.551. The predicted octanol–water partition coefficient (Wildman–Crippen LogP) is 4.22. The molecule has 2 N–H and O–H groups in total. The highest BCUT2D eigenvalue weighted by atomic mass is 35.5. The van der Waals surface area contributed by atoms with E-state index in [-0.39, 0.29) is 24.0 Å². The van der Waals surface area contributed by atoms with Crippen LogP contribution in [0, 0.1) is 0 Å². The van der Waals surface area contributed by atoms with E-state index >= 15 is 0 Å². The molecule has 6 nitrogen and oxygen atoms in total. The molecule has 32 heavy (non-hydrogen) atoms. The van der Waals surface area contributed by atoms with E-state index in [4.69, 9.17) is 21.1 Å². The number of ether oxygens (including phenoxy) is 2. The Balaban J connectivity index is 1.30. The molecule has 1 amide bonds. The van der Waals surface area contributed by atoms with Crippen molar-refractivity contribution in [2.45, 2.75) is 44.1 Å². The summed E-state index contributed by atoms with van der Waals surface area (Å²) in [5, 5.41) is 4.11. The van der Waals surface area contributed by atoms with Crippen molar-refractivity contribution in [1.82, 2.24) is 10.3 Å². The van der Waals surface area contributed by atoms with Crippen molar-refractivity contribution < 1.29 is 18.5 Å². The summed E-state index contributed by atoms with van der Waals surface area (Å²) in [6, 6.07) is 11.7. The molecule has 3 heterocycles. The summed E-state index contributed by atoms with van der Waals surface area (Å²) in [6.45, 7) is 4.19. The maximum atomic E-state index is 13.0. The smallest absolute Gasteiger partial charge is 0.268 e. The van der Waals surface area contributed by atoms with Gasteiger partial charge in [0.15, 0.2) is 5.79 Å². The number of halogens is 1. The van der Waals surface area contributed by atoms with Crippen molar-refractivity contribution in [3.05, 3.63) is 57.6 Å². The van der Waals surface area contributed by atoms with Gasteiger partial charge in [0.05, 0.1) is 22.8 Å². The number of benzene rings is 1. The Hall–Kier alpha value is -1.71. The molecule has 0 radical (unpaired) electrons. The zero-order valence-corrected chi connectivity index (χ0v) is 20.2. The molecule has 170 valence electrons. The first-order valence-corrected chi connectivity index (χ1v) is 13.3. The van der Waals surface area contributed by atoms with Gasteiger partial charge in [-0.25, -0.2) is 0 Å². The molecule has 0 saturated carbocycles. The zero-order chi connectivity index (χ0) is 22.5. The number of carbonyl (C=O) groups excluding carboxylic acids is 1. The lowest BCUT2D eigenvalue weighted by Gasteiger charge is -2.22. The summed E-state index contributed by atoms with van der Waals surface area (Å²) in [7, 11) is -1.11. The molecule has 1 fully saturated rings. The van der Waals surface area contributed by atoms with Gasteiger partial charge in [-0.1, -0.05) is 35.9 Å². The molecule has 1 aromatic carbocycles. The minimum Gasteiger partial charge on any atom is -0.348 e. The lowest BCUT2D eigenvalue weighted by atomic mass is 10.0. The zero-order valence-electron chi connectivity index (χ0n) is 17.9. The van der Waals surface area contributed by atoms with Crippen LogP contribution in [0.25, 0.3) is 10.2 Å². The lowest BCUT2D eigenvalue weighted by Crippen LogP contribution is -2.40. The van der Waals surface area contributed by atoms with Gasteiger partial charge in [-0.15, -0.1) is 11.3 Å². The Morgan fingerprint density at radius 1 is 1.31 bits per heavy atom. The second kappa shape index (κ2) is 8.57. The lowest BCUT2D eigenvalue weighted by molar-refractivity contribution is -0.135. The topological polar surface area (TPSA) is 80.4 Å². The van der Waals surface area contributed by atoms with Crippen LogP contribution in [-0.2, 0) is 26.7 Å². The number of aromatic nitrogens is 1. The van der Waals surface area contributed by atoms with Gasteiger partial charge in [0.2, 0.25) is 0 Å². The molecule has 1 unspecified atom stereocenters. The van der Waals surface area contributed by atoms with Gasteiger partial charge in [-0.05, 0) is 43.5 Å². The average Bonchev–Trinajstić information content (AvgIpc) is 3.44. The molecule has 9 heteroatoms. The van der Waals surface area contributed by atoms with Gasteiger partial charge in [0, 0.05) is 33.9 Å². The Morgan fingerprint density at radius 3 is 2.88 bits per heavy atom. The predicted molar refractivity (Wildman–Crippen MR) is 128 cm³/mol. The number of fused-ring (bicyclic) bond motifs is 2. The number of nitrogens with one attached hydrogen (secondary N) is 2. The standard InChI is InChI=1S/C23H25ClN2O4S2/c1-23(2)29-10-15(30-23)11-32(28)12-17-16-6-4-3-5-13(16)7-18(17)25-21(27)19-8-14-9-20(24)31-22(14)26-19/h3-6,8-9,15,17-18,26H,7,10-12H2,1-2H3,(H,25,27)/t15-,17-,18+,32?/m0/s1. The van der Waals surface area contributed by atoms with Crippen molar-refractivity contribution in [3.8, 4) is 0 Å². The third-order valence-electron chi connectivity index (χ3n) is 6.02. The highest BCUT2D eigenvalue weighted by Gasteiger charge is 2.37. The second-order valence-corrected chi connectivity index (χ2v) is 12.1. The van der Waals surface area contributed by atoms with E-state index in [2.05, 4.69) is 22.4 Å². The monoisotopic (exact) mass is 492 g/mol. The van der Waals surface area contributed by atoms with E-state index in [1.165, 1.54) is 16.9 Å². The van der Waals surface area contributed by atoms with Crippen LogP contribution in [0.5, 0.6) is 0 Å². The third-order valence-corrected chi connectivity index (χ3v) is 8.69. The minimum atomic E-state index is -1.11. The molecule has 3 aromatic rings. The van der Waals surface area contributed by atoms with E-state index in [1.807, 2.05) is 38.1 Å².